The number of methoxy groups -OCH3 is 1. The van der Waals surface area contributed by atoms with E-state index in [1.807, 2.05) is 58.0 Å². The fourth-order valence-corrected chi connectivity index (χ4v) is 10.1. The van der Waals surface area contributed by atoms with Gasteiger partial charge in [0.2, 0.25) is 41.4 Å². The highest BCUT2D eigenvalue weighted by atomic mass is 35.5. The molecule has 1 fully saturated rings. The minimum Gasteiger partial charge on any atom is -0.495 e. The van der Waals surface area contributed by atoms with Gasteiger partial charge >= 0.3 is 23.9 Å². The molecule has 90 heavy (non-hydrogen) atoms. The minimum atomic E-state index is -1.37. The summed E-state index contributed by atoms with van der Waals surface area (Å²) in [5.41, 5.74) is 4.78. The molecule has 1 heterocycles. The third-order valence-corrected chi connectivity index (χ3v) is 15.3. The predicted octanol–water partition coefficient (Wildman–Crippen LogP) is 4.58. The Kier molecular flexibility index (Phi) is 32.3. The van der Waals surface area contributed by atoms with Crippen LogP contribution in [0.3, 0.4) is 0 Å². The number of nitrogens with two attached hydrogens (primary N) is 1. The van der Waals surface area contributed by atoms with Crippen molar-refractivity contribution in [2.45, 2.75) is 182 Å². The number of carboxylic acids is 1. The Morgan fingerprint density at radius 2 is 1.50 bits per heavy atom. The summed E-state index contributed by atoms with van der Waals surface area (Å²) < 4.78 is 22.2. The number of primary amides is 1. The predicted molar refractivity (Wildman–Crippen MR) is 336 cm³/mol. The third-order valence-electron chi connectivity index (χ3n) is 15.0. The van der Waals surface area contributed by atoms with Crippen molar-refractivity contribution in [3.8, 4) is 5.75 Å². The second-order valence-corrected chi connectivity index (χ2v) is 24.9. The van der Waals surface area contributed by atoms with Crippen LogP contribution in [0.25, 0.3) is 0 Å². The fraction of sp³-hybridized carbons (Fsp3) is 0.609. The van der Waals surface area contributed by atoms with Gasteiger partial charge in [-0.3, -0.25) is 43.2 Å². The number of likely N-dealkylation sites (tertiary alicyclic amines) is 1. The lowest BCUT2D eigenvalue weighted by Gasteiger charge is -2.30. The SMILES string of the molecule is CCOC(C)(C)CCC(=O)NC(C(=O)N[C@@H](CCCNC(N)=O)C(=O)N1CCC[C@H]1C(=O)NCC(=O)NCC(=O)O[C@@H](Cc1ccccc1)[C@@H](C)CC/C=C/C(=O)N[C@H](Cc1ccc(OC)c(Cl)c1)C(=O)NCC(C)(C)C(=O)O[C@@H](CC(C)C)C(=O)O)C(C)C. The van der Waals surface area contributed by atoms with Crippen molar-refractivity contribution >= 4 is 76.9 Å². The van der Waals surface area contributed by atoms with Gasteiger partial charge in [-0.05, 0) is 133 Å². The quantitative estimate of drug-likeness (QED) is 0.0251. The van der Waals surface area contributed by atoms with Crippen molar-refractivity contribution in [1.82, 2.24) is 42.1 Å². The molecule has 9 amide bonds. The van der Waals surface area contributed by atoms with Crippen LogP contribution in [-0.2, 0) is 75.0 Å². The van der Waals surface area contributed by atoms with E-state index in [-0.39, 0.29) is 86.8 Å². The summed E-state index contributed by atoms with van der Waals surface area (Å²) in [7, 11) is 1.45. The van der Waals surface area contributed by atoms with Crippen molar-refractivity contribution in [2.24, 2.45) is 28.9 Å². The molecule has 10 N–H and O–H groups in total. The van der Waals surface area contributed by atoms with Crippen molar-refractivity contribution in [3.63, 3.8) is 0 Å². The number of esters is 2. The van der Waals surface area contributed by atoms with Crippen LogP contribution in [0.2, 0.25) is 5.02 Å². The monoisotopic (exact) mass is 1280 g/mol. The van der Waals surface area contributed by atoms with Crippen molar-refractivity contribution in [1.29, 1.82) is 0 Å². The van der Waals surface area contributed by atoms with Crippen LogP contribution in [-0.4, -0.2) is 164 Å². The molecule has 3 rings (SSSR count). The van der Waals surface area contributed by atoms with E-state index in [0.717, 1.165) is 5.56 Å². The number of ether oxygens (including phenoxy) is 4. The van der Waals surface area contributed by atoms with Gasteiger partial charge in [-0.15, -0.1) is 0 Å². The molecule has 0 bridgehead atoms. The molecule has 26 heteroatoms. The van der Waals surface area contributed by atoms with E-state index in [1.165, 1.54) is 31.9 Å². The first kappa shape index (κ1) is 76.4. The van der Waals surface area contributed by atoms with Gasteiger partial charge in [0, 0.05) is 45.5 Å². The van der Waals surface area contributed by atoms with E-state index < -0.39 is 120 Å². The lowest BCUT2D eigenvalue weighted by molar-refractivity contribution is -0.171. The summed E-state index contributed by atoms with van der Waals surface area (Å²) in [6, 6.07) is 9.07. The summed E-state index contributed by atoms with van der Waals surface area (Å²) in [5, 5.41) is 28.4. The number of benzene rings is 2. The van der Waals surface area contributed by atoms with E-state index in [2.05, 4.69) is 37.2 Å². The Balaban J connectivity index is 1.64. The normalized spacial score (nSPS) is 15.3. The zero-order valence-corrected chi connectivity index (χ0v) is 54.7. The molecule has 7 atom stereocenters. The van der Waals surface area contributed by atoms with Gasteiger partial charge in [-0.1, -0.05) is 88.7 Å². The lowest BCUT2D eigenvalue weighted by Crippen LogP contribution is -2.58. The van der Waals surface area contributed by atoms with Crippen LogP contribution >= 0.6 is 11.6 Å². The van der Waals surface area contributed by atoms with Gasteiger partial charge in [0.25, 0.3) is 0 Å². The summed E-state index contributed by atoms with van der Waals surface area (Å²) in [5.74, 6) is -7.37. The number of carboxylic acid groups (broad SMARTS) is 1. The highest BCUT2D eigenvalue weighted by Gasteiger charge is 2.40. The maximum atomic E-state index is 14.2. The Bertz CT molecular complexity index is 2780. The Morgan fingerprint density at radius 3 is 2.12 bits per heavy atom. The number of halogens is 1. The molecule has 0 aromatic heterocycles. The maximum absolute atomic E-state index is 14.2. The van der Waals surface area contributed by atoms with Crippen molar-refractivity contribution in [3.05, 3.63) is 76.8 Å². The Labute approximate surface area is 533 Å². The minimum absolute atomic E-state index is 0.0121. The first-order valence-corrected chi connectivity index (χ1v) is 31.1. The van der Waals surface area contributed by atoms with Crippen molar-refractivity contribution < 1.29 is 76.8 Å². The molecule has 25 nitrogen and oxygen atoms in total. The highest BCUT2D eigenvalue weighted by molar-refractivity contribution is 6.32. The summed E-state index contributed by atoms with van der Waals surface area (Å²) in [6.07, 6.45) is 3.44. The fourth-order valence-electron chi connectivity index (χ4n) is 9.79. The molecule has 0 aliphatic carbocycles. The summed E-state index contributed by atoms with van der Waals surface area (Å²) in [4.78, 5) is 146. The van der Waals surface area contributed by atoms with Gasteiger partial charge in [0.1, 0.15) is 42.6 Å². The molecular formula is C64H96ClN9O16. The van der Waals surface area contributed by atoms with Crippen molar-refractivity contribution in [2.75, 3.05) is 46.4 Å². The molecule has 0 spiro atoms. The van der Waals surface area contributed by atoms with Gasteiger partial charge in [-0.2, -0.15) is 0 Å². The smallest absolute Gasteiger partial charge is 0.345 e. The number of amides is 9. The average Bonchev–Trinajstić information content (AvgIpc) is 2.26. The molecule has 1 unspecified atom stereocenters. The Morgan fingerprint density at radius 1 is 0.800 bits per heavy atom. The number of allylic oxidation sites excluding steroid dienone is 1. The molecule has 500 valence electrons. The Hall–Kier alpha value is -7.80. The first-order chi connectivity index (χ1) is 42.4. The molecule has 1 aliphatic heterocycles. The third kappa shape index (κ3) is 27.5. The standard InChI is InChI=1S/C64H96ClN9O16/c1-12-88-64(9,10)29-28-52(76)73-55(40(4)5)58(81)72-45(23-18-30-67-62(66)86)59(82)74-31-19-24-47(74)57(80)69-36-53(77)68-37-54(78)89-49(35-42-21-14-13-15-22-42)41(6)20-16-17-25-51(75)71-46(34-43-26-27-48(87-11)44(65)33-43)56(79)70-38-63(7,8)61(85)90-50(60(83)84)32-39(2)3/h13-15,17,21-22,25-27,33,39-41,45-47,49-50,55H,12,16,18-20,23-24,28-32,34-38H2,1-11H3,(H,68,77)(H,69,80)(H,70,79)(H,71,75)(H,72,81)(H,73,76)(H,83,84)(H3,66,67,86)/b25-17+/t41-,45-,46+,47-,49-,50-,55?/m0/s1. The second-order valence-electron chi connectivity index (χ2n) is 24.5. The van der Waals surface area contributed by atoms with E-state index in [1.54, 1.807) is 52.0 Å². The van der Waals surface area contributed by atoms with Crippen LogP contribution in [0.15, 0.2) is 60.7 Å². The summed E-state index contributed by atoms with van der Waals surface area (Å²) in [6.45, 7) is 17.0. The number of rotatable bonds is 39. The van der Waals surface area contributed by atoms with Gasteiger partial charge in [-0.25, -0.2) is 9.59 Å². The van der Waals surface area contributed by atoms with E-state index in [0.29, 0.717) is 50.0 Å². The maximum Gasteiger partial charge on any atom is 0.345 e. The number of carbonyl (C=O) groups is 11. The molecule has 2 aromatic carbocycles. The number of carbonyl (C=O) groups excluding carboxylic acids is 10. The number of nitrogens with one attached hydrogen (secondary N) is 7. The number of aliphatic carboxylic acids is 1. The number of urea groups is 1. The van der Waals surface area contributed by atoms with E-state index in [9.17, 15) is 57.8 Å². The number of nitrogens with zero attached hydrogens (tertiary/aromatic N) is 1. The number of hydrogen-bond donors (Lipinski definition) is 9. The van der Waals surface area contributed by atoms with Crippen LogP contribution in [0, 0.1) is 23.2 Å². The second kappa shape index (κ2) is 38.0. The van der Waals surface area contributed by atoms with Crippen LogP contribution in [0.1, 0.15) is 138 Å². The highest BCUT2D eigenvalue weighted by Crippen LogP contribution is 2.27. The molecule has 0 saturated carbocycles. The summed E-state index contributed by atoms with van der Waals surface area (Å²) >= 11 is 6.39. The topological polar surface area (TPSA) is 358 Å². The zero-order chi connectivity index (χ0) is 67.3. The van der Waals surface area contributed by atoms with E-state index in [4.69, 9.17) is 36.3 Å². The van der Waals surface area contributed by atoms with Gasteiger partial charge in [0.15, 0.2) is 6.10 Å². The number of hydrogen-bond acceptors (Lipinski definition) is 15. The zero-order valence-electron chi connectivity index (χ0n) is 54.0. The largest absolute Gasteiger partial charge is 0.495 e. The van der Waals surface area contributed by atoms with E-state index >= 15 is 0 Å². The average molecular weight is 1280 g/mol. The van der Waals surface area contributed by atoms with Crippen LogP contribution in [0.5, 0.6) is 5.75 Å². The van der Waals surface area contributed by atoms with Crippen LogP contribution in [0.4, 0.5) is 4.79 Å². The lowest BCUT2D eigenvalue weighted by atomic mass is 9.93. The molecule has 1 saturated heterocycles. The molecule has 1 aliphatic rings. The first-order valence-electron chi connectivity index (χ1n) is 30.7. The molecule has 0 radical (unpaired) electrons. The van der Waals surface area contributed by atoms with Gasteiger partial charge < -0.3 is 71.9 Å². The van der Waals surface area contributed by atoms with Gasteiger partial charge in [0.05, 0.1) is 29.7 Å². The molecule has 2 aromatic rings. The van der Waals surface area contributed by atoms with Crippen LogP contribution < -0.4 is 47.7 Å². The molecular weight excluding hydrogens is 1190 g/mol.